The highest BCUT2D eigenvalue weighted by atomic mass is 19.1. The standard InChI is InChI=1S/C24H27FN2O3/c1-3-4-15-30-16-7-14-27-23(28)21(18-10-12-19(25)13-11-18)22(24(27)29)26-20-9-6-5-8-17(20)2/h5-6,8-13,26H,3-4,7,14-16H2,1-2H3. The number of para-hydroxylation sites is 1. The average Bonchev–Trinajstić information content (AvgIpc) is 2.97. The molecule has 0 aromatic heterocycles. The fourth-order valence-corrected chi connectivity index (χ4v) is 3.30. The number of aryl methyl sites for hydroxylation is 1. The molecule has 2 aromatic carbocycles. The molecule has 1 aliphatic rings. The quantitative estimate of drug-likeness (QED) is 0.462. The van der Waals surface area contributed by atoms with Gasteiger partial charge in [-0.05, 0) is 49.1 Å². The van der Waals surface area contributed by atoms with E-state index in [2.05, 4.69) is 12.2 Å². The molecule has 158 valence electrons. The minimum absolute atomic E-state index is 0.216. The van der Waals surface area contributed by atoms with Gasteiger partial charge in [-0.3, -0.25) is 14.5 Å². The molecule has 0 saturated carbocycles. The fourth-order valence-electron chi connectivity index (χ4n) is 3.30. The molecular weight excluding hydrogens is 383 g/mol. The predicted octanol–water partition coefficient (Wildman–Crippen LogP) is 4.53. The van der Waals surface area contributed by atoms with Crippen LogP contribution in [0.1, 0.15) is 37.3 Å². The summed E-state index contributed by atoms with van der Waals surface area (Å²) in [4.78, 5) is 27.5. The van der Waals surface area contributed by atoms with Gasteiger partial charge >= 0.3 is 0 Å². The van der Waals surface area contributed by atoms with Gasteiger partial charge < -0.3 is 10.1 Å². The molecule has 2 amide bonds. The molecule has 1 heterocycles. The summed E-state index contributed by atoms with van der Waals surface area (Å²) in [5.41, 5.74) is 2.68. The third kappa shape index (κ3) is 4.94. The molecule has 30 heavy (non-hydrogen) atoms. The fraction of sp³-hybridized carbons (Fsp3) is 0.333. The van der Waals surface area contributed by atoms with Crippen molar-refractivity contribution in [2.45, 2.75) is 33.1 Å². The van der Waals surface area contributed by atoms with Gasteiger partial charge in [0.15, 0.2) is 0 Å². The van der Waals surface area contributed by atoms with Crippen LogP contribution < -0.4 is 5.32 Å². The van der Waals surface area contributed by atoms with Gasteiger partial charge in [0, 0.05) is 25.4 Å². The maximum Gasteiger partial charge on any atom is 0.278 e. The van der Waals surface area contributed by atoms with E-state index in [1.54, 1.807) is 0 Å². The van der Waals surface area contributed by atoms with Crippen molar-refractivity contribution in [3.63, 3.8) is 0 Å². The Kier molecular flexibility index (Phi) is 7.36. The molecule has 6 heteroatoms. The average molecular weight is 410 g/mol. The number of benzene rings is 2. The number of amides is 2. The van der Waals surface area contributed by atoms with Gasteiger partial charge in [-0.2, -0.15) is 0 Å². The second-order valence-corrected chi connectivity index (χ2v) is 7.28. The van der Waals surface area contributed by atoms with E-state index in [1.807, 2.05) is 31.2 Å². The number of carbonyl (C=O) groups is 2. The summed E-state index contributed by atoms with van der Waals surface area (Å²) in [6, 6.07) is 13.2. The lowest BCUT2D eigenvalue weighted by molar-refractivity contribution is -0.137. The van der Waals surface area contributed by atoms with Crippen molar-refractivity contribution in [2.75, 3.05) is 25.1 Å². The lowest BCUT2D eigenvalue weighted by atomic mass is 10.0. The van der Waals surface area contributed by atoms with Gasteiger partial charge in [0.25, 0.3) is 11.8 Å². The summed E-state index contributed by atoms with van der Waals surface area (Å²) in [6.07, 6.45) is 2.61. The summed E-state index contributed by atoms with van der Waals surface area (Å²) < 4.78 is 19.0. The molecule has 0 bridgehead atoms. The summed E-state index contributed by atoms with van der Waals surface area (Å²) in [7, 11) is 0. The van der Waals surface area contributed by atoms with Gasteiger partial charge in [0.05, 0.1) is 5.57 Å². The van der Waals surface area contributed by atoms with Crippen LogP contribution in [0, 0.1) is 12.7 Å². The van der Waals surface area contributed by atoms with Crippen LogP contribution in [0.15, 0.2) is 54.2 Å². The van der Waals surface area contributed by atoms with E-state index >= 15 is 0 Å². The van der Waals surface area contributed by atoms with Crippen molar-refractivity contribution in [1.29, 1.82) is 0 Å². The van der Waals surface area contributed by atoms with E-state index in [0.29, 0.717) is 25.2 Å². The van der Waals surface area contributed by atoms with Crippen LogP contribution in [-0.4, -0.2) is 36.5 Å². The Morgan fingerprint density at radius 2 is 1.67 bits per heavy atom. The number of carbonyl (C=O) groups excluding carboxylic acids is 2. The Hall–Kier alpha value is -2.99. The molecule has 0 aliphatic carbocycles. The van der Waals surface area contributed by atoms with Crippen molar-refractivity contribution >= 4 is 23.1 Å². The third-order valence-electron chi connectivity index (χ3n) is 5.02. The first-order chi connectivity index (χ1) is 14.5. The smallest absolute Gasteiger partial charge is 0.278 e. The summed E-state index contributed by atoms with van der Waals surface area (Å²) in [6.45, 7) is 5.46. The van der Waals surface area contributed by atoms with Crippen LogP contribution in [-0.2, 0) is 14.3 Å². The highest BCUT2D eigenvalue weighted by Crippen LogP contribution is 2.31. The number of ether oxygens (including phenoxy) is 1. The van der Waals surface area contributed by atoms with Crippen LogP contribution in [0.4, 0.5) is 10.1 Å². The zero-order valence-corrected chi connectivity index (χ0v) is 17.4. The number of hydrogen-bond acceptors (Lipinski definition) is 4. The van der Waals surface area contributed by atoms with Crippen molar-refractivity contribution < 1.29 is 18.7 Å². The van der Waals surface area contributed by atoms with Gasteiger partial charge in [0.1, 0.15) is 11.5 Å². The van der Waals surface area contributed by atoms with Crippen molar-refractivity contribution in [3.8, 4) is 0 Å². The minimum atomic E-state index is -0.398. The Bertz CT molecular complexity index is 938. The van der Waals surface area contributed by atoms with Crippen LogP contribution in [0.3, 0.4) is 0 Å². The van der Waals surface area contributed by atoms with Crippen LogP contribution in [0.25, 0.3) is 5.57 Å². The Balaban J connectivity index is 1.83. The summed E-state index contributed by atoms with van der Waals surface area (Å²) in [5.74, 6) is -1.15. The van der Waals surface area contributed by atoms with Crippen molar-refractivity contribution in [3.05, 3.63) is 71.2 Å². The summed E-state index contributed by atoms with van der Waals surface area (Å²) in [5, 5.41) is 3.14. The monoisotopic (exact) mass is 410 g/mol. The number of halogens is 1. The van der Waals surface area contributed by atoms with Crippen molar-refractivity contribution in [1.82, 2.24) is 4.90 Å². The molecule has 0 fully saturated rings. The maximum absolute atomic E-state index is 13.4. The molecule has 5 nitrogen and oxygen atoms in total. The third-order valence-corrected chi connectivity index (χ3v) is 5.02. The minimum Gasteiger partial charge on any atom is -0.381 e. The van der Waals surface area contributed by atoms with E-state index in [9.17, 15) is 14.0 Å². The van der Waals surface area contributed by atoms with E-state index in [4.69, 9.17) is 4.74 Å². The van der Waals surface area contributed by atoms with E-state index in [-0.39, 0.29) is 29.6 Å². The van der Waals surface area contributed by atoms with Crippen LogP contribution >= 0.6 is 0 Å². The Morgan fingerprint density at radius 3 is 2.37 bits per heavy atom. The molecule has 0 saturated heterocycles. The first kappa shape index (κ1) is 21.7. The maximum atomic E-state index is 13.4. The lowest BCUT2D eigenvalue weighted by Crippen LogP contribution is -2.34. The highest BCUT2D eigenvalue weighted by molar-refractivity contribution is 6.36. The van der Waals surface area contributed by atoms with Gasteiger partial charge in [0.2, 0.25) is 0 Å². The predicted molar refractivity (Wildman–Crippen MR) is 115 cm³/mol. The number of hydrogen-bond donors (Lipinski definition) is 1. The van der Waals surface area contributed by atoms with Crippen molar-refractivity contribution in [2.24, 2.45) is 0 Å². The molecule has 3 rings (SSSR count). The summed E-state index contributed by atoms with van der Waals surface area (Å²) >= 11 is 0. The Labute approximate surface area is 176 Å². The molecule has 1 aliphatic heterocycles. The molecule has 0 radical (unpaired) electrons. The normalized spacial score (nSPS) is 14.0. The second kappa shape index (κ2) is 10.2. The lowest BCUT2D eigenvalue weighted by Gasteiger charge is -2.15. The molecule has 0 unspecified atom stereocenters. The SMILES string of the molecule is CCCCOCCCN1C(=O)C(Nc2ccccc2C)=C(c2ccc(F)cc2)C1=O. The Morgan fingerprint density at radius 1 is 0.967 bits per heavy atom. The number of unbranched alkanes of at least 4 members (excludes halogenated alkanes) is 1. The molecule has 1 N–H and O–H groups in total. The van der Waals surface area contributed by atoms with Crippen LogP contribution in [0.2, 0.25) is 0 Å². The first-order valence-corrected chi connectivity index (χ1v) is 10.3. The van der Waals surface area contributed by atoms with E-state index in [0.717, 1.165) is 24.1 Å². The largest absolute Gasteiger partial charge is 0.381 e. The van der Waals surface area contributed by atoms with Crippen LogP contribution in [0.5, 0.6) is 0 Å². The number of nitrogens with one attached hydrogen (secondary N) is 1. The zero-order valence-electron chi connectivity index (χ0n) is 17.4. The number of imide groups is 1. The van der Waals surface area contributed by atoms with E-state index in [1.165, 1.54) is 29.2 Å². The zero-order chi connectivity index (χ0) is 21.5. The van der Waals surface area contributed by atoms with E-state index < -0.39 is 5.82 Å². The van der Waals surface area contributed by atoms with Gasteiger partial charge in [-0.25, -0.2) is 4.39 Å². The second-order valence-electron chi connectivity index (χ2n) is 7.28. The molecule has 2 aromatic rings. The topological polar surface area (TPSA) is 58.6 Å². The van der Waals surface area contributed by atoms with Gasteiger partial charge in [-0.15, -0.1) is 0 Å². The first-order valence-electron chi connectivity index (χ1n) is 10.3. The molecular formula is C24H27FN2O3. The molecule has 0 spiro atoms. The molecule has 0 atom stereocenters. The highest BCUT2D eigenvalue weighted by Gasteiger charge is 2.39. The number of anilines is 1. The van der Waals surface area contributed by atoms with Gasteiger partial charge in [-0.1, -0.05) is 43.7 Å². The number of nitrogens with zero attached hydrogens (tertiary/aromatic N) is 1. The number of rotatable bonds is 10.